The van der Waals surface area contributed by atoms with Gasteiger partial charge < -0.3 is 0 Å². The van der Waals surface area contributed by atoms with Gasteiger partial charge in [0.25, 0.3) is 0 Å². The first-order chi connectivity index (χ1) is 4.61. The van der Waals surface area contributed by atoms with Crippen LogP contribution >= 0.6 is 12.2 Å². The third-order valence-electron chi connectivity index (χ3n) is 1.37. The van der Waals surface area contributed by atoms with Crippen molar-refractivity contribution in [1.29, 1.82) is 0 Å². The number of hydrogen-bond acceptors (Lipinski definition) is 2. The van der Waals surface area contributed by atoms with Crippen molar-refractivity contribution < 1.29 is 4.79 Å². The summed E-state index contributed by atoms with van der Waals surface area (Å²) in [5.74, 6) is 0.492. The van der Waals surface area contributed by atoms with Crippen LogP contribution in [0.25, 0.3) is 0 Å². The summed E-state index contributed by atoms with van der Waals surface area (Å²) < 4.78 is 0. The minimum Gasteiger partial charge on any atom is -0.260 e. The smallest absolute Gasteiger partial charge is 0.260 e. The predicted octanol–water partition coefficient (Wildman–Crippen LogP) is 0.456. The molecule has 0 bridgehead atoms. The molecule has 0 saturated carbocycles. The minimum atomic E-state index is -0.141. The Labute approximate surface area is 64.5 Å². The van der Waals surface area contributed by atoms with Gasteiger partial charge in [0.2, 0.25) is 16.7 Å². The highest BCUT2D eigenvalue weighted by Gasteiger charge is 2.34. The van der Waals surface area contributed by atoms with Gasteiger partial charge in [-0.25, -0.2) is 4.79 Å². The van der Waals surface area contributed by atoms with Crippen molar-refractivity contribution in [1.82, 2.24) is 5.32 Å². The summed E-state index contributed by atoms with van der Waals surface area (Å²) >= 11 is 4.68. The van der Waals surface area contributed by atoms with Gasteiger partial charge in [-0.1, -0.05) is 0 Å². The van der Waals surface area contributed by atoms with Gasteiger partial charge in [0.1, 0.15) is 0 Å². The van der Waals surface area contributed by atoms with Gasteiger partial charge in [0.15, 0.2) is 0 Å². The molecule has 0 aromatic rings. The number of thiocarbonyl (C=S) groups is 1. The summed E-state index contributed by atoms with van der Waals surface area (Å²) in [5, 5.41) is 2.68. The highest BCUT2D eigenvalue weighted by Crippen LogP contribution is 2.06. The van der Waals surface area contributed by atoms with E-state index in [4.69, 9.17) is 0 Å². The van der Waals surface area contributed by atoms with E-state index in [1.54, 1.807) is 13.8 Å². The summed E-state index contributed by atoms with van der Waals surface area (Å²) in [6.07, 6.45) is 0. The summed E-state index contributed by atoms with van der Waals surface area (Å²) in [5.41, 5.74) is 0.703. The second-order valence-corrected chi connectivity index (χ2v) is 2.47. The number of aliphatic imine (C=N–C) groups is 1. The van der Waals surface area contributed by atoms with Gasteiger partial charge in [-0.3, -0.25) is 5.32 Å². The Kier molecular flexibility index (Phi) is 1.72. The van der Waals surface area contributed by atoms with Crippen LogP contribution in [0.15, 0.2) is 4.99 Å². The van der Waals surface area contributed by atoms with Crippen molar-refractivity contribution >= 4 is 28.9 Å². The number of nitrogens with zero attached hydrogens (tertiary/aromatic N) is 1. The van der Waals surface area contributed by atoms with Crippen LogP contribution in [0.3, 0.4) is 0 Å². The first-order valence-electron chi connectivity index (χ1n) is 2.86. The van der Waals surface area contributed by atoms with Gasteiger partial charge >= 0.3 is 5.91 Å². The van der Waals surface area contributed by atoms with Crippen LogP contribution in [0.2, 0.25) is 0 Å². The fourth-order valence-electron chi connectivity index (χ4n) is 0.619. The molecule has 0 aromatic heterocycles. The average molecular weight is 155 g/mol. The minimum absolute atomic E-state index is 0.141. The van der Waals surface area contributed by atoms with Crippen LogP contribution in [0.1, 0.15) is 13.8 Å². The van der Waals surface area contributed by atoms with Crippen LogP contribution < -0.4 is 5.32 Å². The quantitative estimate of drug-likeness (QED) is 0.408. The molecule has 0 atom stereocenters. The maximum absolute atomic E-state index is 10.9. The second kappa shape index (κ2) is 2.38. The van der Waals surface area contributed by atoms with Crippen molar-refractivity contribution in [2.24, 2.45) is 4.99 Å². The fraction of sp³-hybridized carbons (Fsp3) is 0.333. The number of carbonyl (C=O) groups excluding carboxylic acids is 1. The Morgan fingerprint density at radius 3 is 2.80 bits per heavy atom. The van der Waals surface area contributed by atoms with Crippen LogP contribution in [0.4, 0.5) is 0 Å². The Hall–Kier alpha value is -0.900. The summed E-state index contributed by atoms with van der Waals surface area (Å²) in [7, 11) is 0. The maximum Gasteiger partial charge on any atom is 0.417 e. The number of amides is 1. The summed E-state index contributed by atoms with van der Waals surface area (Å²) in [6, 6.07) is 0. The lowest BCUT2D eigenvalue weighted by atomic mass is 10.1. The van der Waals surface area contributed by atoms with Gasteiger partial charge in [-0.05, 0) is 12.2 Å². The molecular formula is C6H7N2OS+. The first kappa shape index (κ1) is 7.21. The number of nitrogens with one attached hydrogen (secondary N) is 1. The zero-order valence-electron chi connectivity index (χ0n) is 5.76. The van der Waals surface area contributed by atoms with Crippen LogP contribution in [0, 0.1) is 5.92 Å². The molecule has 10 heavy (non-hydrogen) atoms. The molecule has 4 heteroatoms. The number of rotatable bonds is 0. The summed E-state index contributed by atoms with van der Waals surface area (Å²) in [6.45, 7) is 3.48. The highest BCUT2D eigenvalue weighted by atomic mass is 32.1. The van der Waals surface area contributed by atoms with Crippen molar-refractivity contribution in [2.75, 3.05) is 0 Å². The molecule has 0 aliphatic carbocycles. The molecule has 0 saturated heterocycles. The molecule has 0 spiro atoms. The molecule has 1 aliphatic rings. The van der Waals surface area contributed by atoms with Gasteiger partial charge in [0, 0.05) is 6.92 Å². The molecule has 1 heterocycles. The molecule has 0 unspecified atom stereocenters. The zero-order chi connectivity index (χ0) is 7.72. The van der Waals surface area contributed by atoms with E-state index in [9.17, 15) is 4.79 Å². The summed E-state index contributed by atoms with van der Waals surface area (Å²) in [4.78, 5) is 14.8. The van der Waals surface area contributed by atoms with E-state index in [2.05, 4.69) is 22.5 Å². The largest absolute Gasteiger partial charge is 0.417 e. The van der Waals surface area contributed by atoms with Crippen LogP contribution in [0.5, 0.6) is 0 Å². The standard InChI is InChI=1S/C6H6N2OS/c1-3-4(2)7-6(10)8-5(3)9/h1-2H3/p+1. The number of hydrogen-bond donors (Lipinski definition) is 1. The molecule has 1 rings (SSSR count). The number of carbonyl (C=O) groups is 1. The molecule has 52 valence electrons. The molecule has 0 fully saturated rings. The topological polar surface area (TPSA) is 41.5 Å². The lowest BCUT2D eigenvalue weighted by molar-refractivity contribution is -0.117. The van der Waals surface area contributed by atoms with E-state index in [1.807, 2.05) is 0 Å². The van der Waals surface area contributed by atoms with Crippen molar-refractivity contribution in [3.8, 4) is 0 Å². The third kappa shape index (κ3) is 1.16. The molecular weight excluding hydrogens is 148 g/mol. The zero-order valence-corrected chi connectivity index (χ0v) is 6.58. The molecule has 0 aromatic carbocycles. The van der Waals surface area contributed by atoms with Gasteiger partial charge in [-0.15, -0.1) is 0 Å². The van der Waals surface area contributed by atoms with E-state index in [0.29, 0.717) is 11.6 Å². The molecule has 3 nitrogen and oxygen atoms in total. The third-order valence-corrected chi connectivity index (χ3v) is 1.57. The average Bonchev–Trinajstić information content (AvgIpc) is 1.82. The second-order valence-electron chi connectivity index (χ2n) is 2.08. The van der Waals surface area contributed by atoms with E-state index in [-0.39, 0.29) is 11.0 Å². The first-order valence-corrected chi connectivity index (χ1v) is 3.26. The lowest BCUT2D eigenvalue weighted by Gasteiger charge is -2.05. The van der Waals surface area contributed by atoms with E-state index < -0.39 is 0 Å². The van der Waals surface area contributed by atoms with Crippen molar-refractivity contribution in [2.45, 2.75) is 13.8 Å². The van der Waals surface area contributed by atoms with E-state index in [1.165, 1.54) is 0 Å². The fourth-order valence-corrected chi connectivity index (χ4v) is 0.849. The molecule has 1 N–H and O–H groups in total. The predicted molar refractivity (Wildman–Crippen MR) is 42.8 cm³/mol. The normalized spacial score (nSPS) is 18.6. The molecule has 1 aliphatic heterocycles. The van der Waals surface area contributed by atoms with Crippen molar-refractivity contribution in [3.05, 3.63) is 5.92 Å². The Bertz CT molecular complexity index is 222. The molecule has 0 radical (unpaired) electrons. The van der Waals surface area contributed by atoms with E-state index >= 15 is 0 Å². The molecule has 1 amide bonds. The van der Waals surface area contributed by atoms with E-state index in [0.717, 1.165) is 0 Å². The maximum atomic E-state index is 10.9. The highest BCUT2D eigenvalue weighted by molar-refractivity contribution is 7.80. The Balaban J connectivity index is 2.91. The van der Waals surface area contributed by atoms with Crippen LogP contribution in [-0.2, 0) is 4.79 Å². The van der Waals surface area contributed by atoms with Crippen LogP contribution in [-0.4, -0.2) is 16.7 Å². The monoisotopic (exact) mass is 155 g/mol. The van der Waals surface area contributed by atoms with Crippen molar-refractivity contribution in [3.63, 3.8) is 0 Å². The lowest BCUT2D eigenvalue weighted by Crippen LogP contribution is -2.39. The Morgan fingerprint density at radius 2 is 2.30 bits per heavy atom. The Morgan fingerprint density at radius 1 is 1.70 bits per heavy atom. The SMILES string of the molecule is CC1=NC(=S)NC(=O)[C+]1C. The van der Waals surface area contributed by atoms with Gasteiger partial charge in [-0.2, -0.15) is 4.99 Å². The van der Waals surface area contributed by atoms with Gasteiger partial charge in [0.05, 0.1) is 6.92 Å².